The lowest BCUT2D eigenvalue weighted by molar-refractivity contribution is -0.205. The molecule has 346 valence electrons. The van der Waals surface area contributed by atoms with E-state index in [4.69, 9.17) is 21.7 Å². The Kier molecular flexibility index (Phi) is 13.3. The summed E-state index contributed by atoms with van der Waals surface area (Å²) in [6.45, 7) is 7.35. The first-order valence-electron chi connectivity index (χ1n) is 23.9. The molecule has 6 N–H and O–H groups in total. The molecule has 11 atom stereocenters. The van der Waals surface area contributed by atoms with Gasteiger partial charge >= 0.3 is 12.2 Å². The maximum absolute atomic E-state index is 13.9. The Morgan fingerprint density at radius 3 is 2.00 bits per heavy atom. The number of thiocarbonyl (C=S) groups is 1. The number of rotatable bonds is 10. The molecule has 11 nitrogen and oxygen atoms in total. The molecule has 0 heterocycles. The van der Waals surface area contributed by atoms with Crippen molar-refractivity contribution in [3.05, 3.63) is 121 Å². The number of carbonyl (C=O) groups excluding carboxylic acids is 3. The quantitative estimate of drug-likeness (QED) is 0.0457. The number of anilines is 2. The molecule has 3 amide bonds. The fourth-order valence-corrected chi connectivity index (χ4v) is 13.4. The monoisotopic (exact) mass is 909 g/mol. The number of benzene rings is 5. The Morgan fingerprint density at radius 2 is 1.35 bits per heavy atom. The zero-order chi connectivity index (χ0) is 46.0. The topological polar surface area (TPSA) is 150 Å². The molecule has 66 heavy (non-hydrogen) atoms. The molecule has 0 unspecified atom stereocenters. The number of hydrogen-bond donors (Lipinski definition) is 6. The van der Waals surface area contributed by atoms with Gasteiger partial charge < -0.3 is 19.9 Å². The number of nitrogens with one attached hydrogen (secondary N) is 5. The van der Waals surface area contributed by atoms with Gasteiger partial charge in [-0.25, -0.2) is 9.59 Å². The number of aliphatic hydroxyl groups excluding tert-OH is 1. The average Bonchev–Trinajstić information content (AvgIpc) is 3.68. The van der Waals surface area contributed by atoms with Crippen LogP contribution >= 0.6 is 12.2 Å². The van der Waals surface area contributed by atoms with E-state index in [1.807, 2.05) is 84.9 Å². The van der Waals surface area contributed by atoms with Crippen LogP contribution in [0.3, 0.4) is 0 Å². The van der Waals surface area contributed by atoms with Crippen LogP contribution < -0.4 is 26.8 Å². The van der Waals surface area contributed by atoms with Crippen LogP contribution in [0.1, 0.15) is 84.1 Å². The highest BCUT2D eigenvalue weighted by Crippen LogP contribution is 2.69. The van der Waals surface area contributed by atoms with Crippen LogP contribution in [0.5, 0.6) is 0 Å². The molecule has 0 bridgehead atoms. The van der Waals surface area contributed by atoms with E-state index >= 15 is 0 Å². The molecule has 12 heteroatoms. The van der Waals surface area contributed by atoms with Crippen molar-refractivity contribution in [3.8, 4) is 0 Å². The first-order chi connectivity index (χ1) is 31.9. The standard InChI is InChI=1S/C54H63N5O6S/c1-33(22-25-48(61)58-59-50(66)55-32-42-40-20-12-10-14-34(40)28-35-15-11-13-21-41(35)42)43-23-24-44-49-45(31-47(54(43,44)3)65-52(63)57-38-18-8-5-9-19-38)53(2)27-26-39(60)29-36(53)30-46(49)64-51(62)56-37-16-6-4-7-17-37/h4-21,28,33,36,39,43-47,49,60H,22-27,29-32H2,1-3H3,(H,56,62)(H,57,63)(H,58,61)(H2,55,59,66)/t33-,36+,39-,43-,44+,45+,46-,47+,49+,53+,54-/m1/s1. The summed E-state index contributed by atoms with van der Waals surface area (Å²) in [5.41, 5.74) is 7.62. The minimum atomic E-state index is -0.488. The highest BCUT2D eigenvalue weighted by molar-refractivity contribution is 7.80. The molecule has 4 fully saturated rings. The Labute approximate surface area is 393 Å². The van der Waals surface area contributed by atoms with Crippen LogP contribution in [0.2, 0.25) is 0 Å². The summed E-state index contributed by atoms with van der Waals surface area (Å²) in [6.07, 6.45) is 4.03. The van der Waals surface area contributed by atoms with Crippen molar-refractivity contribution in [3.63, 3.8) is 0 Å². The minimum absolute atomic E-state index is 0.0233. The van der Waals surface area contributed by atoms with Gasteiger partial charge in [-0.15, -0.1) is 0 Å². The van der Waals surface area contributed by atoms with Crippen molar-refractivity contribution < 1.29 is 29.0 Å². The summed E-state index contributed by atoms with van der Waals surface area (Å²) < 4.78 is 13.2. The summed E-state index contributed by atoms with van der Waals surface area (Å²) in [7, 11) is 0. The lowest BCUT2D eigenvalue weighted by Gasteiger charge is -2.64. The number of amides is 3. The van der Waals surface area contributed by atoms with E-state index in [2.05, 4.69) is 77.9 Å². The number of ether oxygens (including phenoxy) is 2. The summed E-state index contributed by atoms with van der Waals surface area (Å²) in [5, 5.41) is 25.1. The molecule has 0 spiro atoms. The zero-order valence-corrected chi connectivity index (χ0v) is 39.0. The first kappa shape index (κ1) is 45.4. The van der Waals surface area contributed by atoms with Crippen molar-refractivity contribution >= 4 is 68.3 Å². The number of fused-ring (bicyclic) bond motifs is 7. The molecule has 9 rings (SSSR count). The van der Waals surface area contributed by atoms with Gasteiger partial charge in [0.1, 0.15) is 12.2 Å². The predicted molar refractivity (Wildman–Crippen MR) is 263 cm³/mol. The molecule has 4 aliphatic carbocycles. The molecule has 0 saturated heterocycles. The lowest BCUT2D eigenvalue weighted by atomic mass is 9.43. The Hall–Kier alpha value is -5.72. The number of hydrazine groups is 1. The van der Waals surface area contributed by atoms with Gasteiger partial charge in [0.15, 0.2) is 5.11 Å². The Balaban J connectivity index is 0.907. The largest absolute Gasteiger partial charge is 0.446 e. The van der Waals surface area contributed by atoms with E-state index < -0.39 is 29.8 Å². The normalized spacial score (nSPS) is 29.3. The summed E-state index contributed by atoms with van der Waals surface area (Å²) >= 11 is 5.64. The van der Waals surface area contributed by atoms with Gasteiger partial charge in [-0.2, -0.15) is 0 Å². The van der Waals surface area contributed by atoms with Crippen LogP contribution in [0.15, 0.2) is 115 Å². The van der Waals surface area contributed by atoms with E-state index in [0.29, 0.717) is 48.7 Å². The highest BCUT2D eigenvalue weighted by Gasteiger charge is 2.67. The van der Waals surface area contributed by atoms with E-state index in [1.165, 1.54) is 0 Å². The van der Waals surface area contributed by atoms with Crippen LogP contribution in [-0.4, -0.2) is 46.6 Å². The van der Waals surface area contributed by atoms with Crippen LogP contribution in [0, 0.1) is 46.3 Å². The maximum Gasteiger partial charge on any atom is 0.411 e. The summed E-state index contributed by atoms with van der Waals surface area (Å²) in [6, 6.07) is 37.6. The Bertz CT molecular complexity index is 2510. The molecule has 4 aliphatic rings. The molecule has 0 radical (unpaired) electrons. The van der Waals surface area contributed by atoms with Gasteiger partial charge in [-0.3, -0.25) is 26.3 Å². The van der Waals surface area contributed by atoms with Gasteiger partial charge in [0.05, 0.1) is 6.10 Å². The SMILES string of the molecule is C[C@H](CCC(=O)NNC(=S)NCc1c2ccccc2cc2ccccc12)[C@H]1CC[C@H]2[C@@H]3[C@H](OC(=O)Nc4ccccc4)C[C@@H]4C[C@H](O)CC[C@]4(C)[C@H]3C[C@H](OC(=O)Nc3ccccc3)[C@]12C. The number of carbonyl (C=O) groups is 3. The third-order valence-corrected chi connectivity index (χ3v) is 16.7. The second kappa shape index (κ2) is 19.2. The third-order valence-electron chi connectivity index (χ3n) is 16.5. The second-order valence-corrected chi connectivity index (χ2v) is 20.3. The van der Waals surface area contributed by atoms with E-state index in [-0.39, 0.29) is 59.4 Å². The second-order valence-electron chi connectivity index (χ2n) is 19.9. The van der Waals surface area contributed by atoms with Crippen molar-refractivity contribution in [1.29, 1.82) is 0 Å². The van der Waals surface area contributed by atoms with Crippen LogP contribution in [-0.2, 0) is 20.8 Å². The van der Waals surface area contributed by atoms with Gasteiger partial charge in [0, 0.05) is 35.7 Å². The summed E-state index contributed by atoms with van der Waals surface area (Å²) in [5.74, 6) is 0.398. The molecule has 0 aromatic heterocycles. The van der Waals surface area contributed by atoms with E-state index in [1.54, 1.807) is 0 Å². The van der Waals surface area contributed by atoms with Gasteiger partial charge in [-0.1, -0.05) is 106 Å². The van der Waals surface area contributed by atoms with Crippen molar-refractivity contribution in [2.24, 2.45) is 46.3 Å². The Morgan fingerprint density at radius 1 is 0.742 bits per heavy atom. The van der Waals surface area contributed by atoms with Crippen LogP contribution in [0.25, 0.3) is 21.5 Å². The third kappa shape index (κ3) is 9.19. The van der Waals surface area contributed by atoms with Crippen LogP contribution in [0.4, 0.5) is 21.0 Å². The number of para-hydroxylation sites is 2. The zero-order valence-electron chi connectivity index (χ0n) is 38.1. The first-order valence-corrected chi connectivity index (χ1v) is 24.3. The fraction of sp³-hybridized carbons (Fsp3) is 0.444. The molecule has 4 saturated carbocycles. The molecule has 5 aromatic carbocycles. The number of aliphatic hydroxyl groups is 1. The van der Waals surface area contributed by atoms with E-state index in [9.17, 15) is 19.5 Å². The van der Waals surface area contributed by atoms with Crippen molar-refractivity contribution in [2.45, 2.75) is 103 Å². The van der Waals surface area contributed by atoms with Gasteiger partial charge in [-0.05, 0) is 156 Å². The molecule has 0 aliphatic heterocycles. The lowest BCUT2D eigenvalue weighted by Crippen LogP contribution is -2.63. The van der Waals surface area contributed by atoms with Gasteiger partial charge in [0.2, 0.25) is 5.91 Å². The molecular weight excluding hydrogens is 847 g/mol. The van der Waals surface area contributed by atoms with Crippen molar-refractivity contribution in [1.82, 2.24) is 16.2 Å². The molecule has 5 aromatic rings. The maximum atomic E-state index is 13.9. The van der Waals surface area contributed by atoms with E-state index in [0.717, 1.165) is 52.8 Å². The highest BCUT2D eigenvalue weighted by atomic mass is 32.1. The van der Waals surface area contributed by atoms with Gasteiger partial charge in [0.25, 0.3) is 0 Å². The average molecular weight is 910 g/mol. The smallest absolute Gasteiger partial charge is 0.411 e. The molecular formula is C54H63N5O6S. The number of hydrogen-bond acceptors (Lipinski definition) is 7. The van der Waals surface area contributed by atoms with Crippen molar-refractivity contribution in [2.75, 3.05) is 10.6 Å². The predicted octanol–water partition coefficient (Wildman–Crippen LogP) is 10.9. The summed E-state index contributed by atoms with van der Waals surface area (Å²) in [4.78, 5) is 41.1. The fourth-order valence-electron chi connectivity index (χ4n) is 13.2. The minimum Gasteiger partial charge on any atom is -0.446 e.